The maximum absolute atomic E-state index is 12.4. The number of hydrogen-bond acceptors (Lipinski definition) is 6. The molecule has 1 amide bonds. The number of carbonyl (C=O) groups excluding carboxylic acids is 1. The van der Waals surface area contributed by atoms with Gasteiger partial charge in [-0.2, -0.15) is 0 Å². The Morgan fingerprint density at radius 2 is 2.21 bits per heavy atom. The van der Waals surface area contributed by atoms with Gasteiger partial charge in [-0.25, -0.2) is 0 Å². The Morgan fingerprint density at radius 3 is 2.92 bits per heavy atom. The van der Waals surface area contributed by atoms with Crippen LogP contribution in [0, 0.1) is 0 Å². The molecule has 0 spiro atoms. The first-order valence-electron chi connectivity index (χ1n) is 8.42. The molecule has 0 saturated carbocycles. The van der Waals surface area contributed by atoms with E-state index in [1.54, 1.807) is 11.3 Å². The molecule has 2 aromatic heterocycles. The smallest absolute Gasteiger partial charge is 0.251 e. The van der Waals surface area contributed by atoms with Gasteiger partial charge < -0.3 is 14.2 Å². The van der Waals surface area contributed by atoms with E-state index in [0.29, 0.717) is 0 Å². The Labute approximate surface area is 145 Å². The molecular formula is C17H21N3O3S. The summed E-state index contributed by atoms with van der Waals surface area (Å²) < 4.78 is 10.9. The van der Waals surface area contributed by atoms with Crippen LogP contribution < -0.4 is 0 Å². The molecule has 1 atom stereocenters. The molecule has 6 nitrogen and oxygen atoms in total. The third-order valence-electron chi connectivity index (χ3n) is 4.60. The largest absolute Gasteiger partial charge is 0.368 e. The molecule has 0 N–H and O–H groups in total. The molecule has 2 fully saturated rings. The van der Waals surface area contributed by atoms with Gasteiger partial charge in [-0.05, 0) is 24.3 Å². The van der Waals surface area contributed by atoms with Gasteiger partial charge in [0.15, 0.2) is 5.76 Å². The van der Waals surface area contributed by atoms with Crippen molar-refractivity contribution in [3.63, 3.8) is 0 Å². The number of carbonyl (C=O) groups is 1. The zero-order chi connectivity index (χ0) is 16.4. The van der Waals surface area contributed by atoms with Crippen molar-refractivity contribution in [3.8, 4) is 10.6 Å². The highest BCUT2D eigenvalue weighted by Crippen LogP contribution is 2.25. The molecular weight excluding hydrogens is 326 g/mol. The van der Waals surface area contributed by atoms with E-state index < -0.39 is 0 Å². The molecule has 4 rings (SSSR count). The molecule has 0 aromatic carbocycles. The average molecular weight is 347 g/mol. The third kappa shape index (κ3) is 3.38. The lowest BCUT2D eigenvalue weighted by Gasteiger charge is -2.35. The van der Waals surface area contributed by atoms with E-state index in [2.05, 4.69) is 10.1 Å². The summed E-state index contributed by atoms with van der Waals surface area (Å²) in [5, 5.41) is 6.20. The van der Waals surface area contributed by atoms with Gasteiger partial charge in [0.2, 0.25) is 0 Å². The van der Waals surface area contributed by atoms with Crippen LogP contribution in [0.25, 0.3) is 10.6 Å². The first-order chi connectivity index (χ1) is 11.8. The third-order valence-corrected chi connectivity index (χ3v) is 5.48. The Balaban J connectivity index is 1.29. The SMILES string of the molecule is O=C(C1CCCO1)N1CCN(Cc2cc(-c3cccs3)on2)CC1. The number of nitrogens with zero attached hydrogens (tertiary/aromatic N) is 3. The Kier molecular flexibility index (Phi) is 4.64. The molecule has 7 heteroatoms. The predicted octanol–water partition coefficient (Wildman–Crippen LogP) is 2.23. The first kappa shape index (κ1) is 15.8. The highest BCUT2D eigenvalue weighted by Gasteiger charge is 2.30. The van der Waals surface area contributed by atoms with Gasteiger partial charge in [-0.3, -0.25) is 9.69 Å². The molecule has 2 aromatic rings. The van der Waals surface area contributed by atoms with Crippen LogP contribution in [0.3, 0.4) is 0 Å². The molecule has 0 radical (unpaired) electrons. The quantitative estimate of drug-likeness (QED) is 0.849. The number of hydrogen-bond donors (Lipinski definition) is 0. The van der Waals surface area contributed by atoms with Crippen LogP contribution in [0.15, 0.2) is 28.1 Å². The fourth-order valence-electron chi connectivity index (χ4n) is 3.25. The molecule has 128 valence electrons. The zero-order valence-corrected chi connectivity index (χ0v) is 14.3. The molecule has 0 bridgehead atoms. The highest BCUT2D eigenvalue weighted by atomic mass is 32.1. The summed E-state index contributed by atoms with van der Waals surface area (Å²) >= 11 is 1.65. The number of thiophene rings is 1. The van der Waals surface area contributed by atoms with Crippen LogP contribution in [-0.4, -0.2) is 59.8 Å². The maximum atomic E-state index is 12.4. The number of piperazine rings is 1. The summed E-state index contributed by atoms with van der Waals surface area (Å²) in [6.07, 6.45) is 1.65. The Hall–Kier alpha value is -1.70. The van der Waals surface area contributed by atoms with Gasteiger partial charge in [0, 0.05) is 45.4 Å². The van der Waals surface area contributed by atoms with E-state index in [4.69, 9.17) is 9.26 Å². The maximum Gasteiger partial charge on any atom is 0.251 e. The van der Waals surface area contributed by atoms with Crippen LogP contribution in [0.1, 0.15) is 18.5 Å². The van der Waals surface area contributed by atoms with Gasteiger partial charge in [0.25, 0.3) is 5.91 Å². The lowest BCUT2D eigenvalue weighted by Crippen LogP contribution is -2.51. The highest BCUT2D eigenvalue weighted by molar-refractivity contribution is 7.13. The predicted molar refractivity (Wildman–Crippen MR) is 90.6 cm³/mol. The Morgan fingerprint density at radius 1 is 1.33 bits per heavy atom. The monoisotopic (exact) mass is 347 g/mol. The molecule has 2 aliphatic heterocycles. The van der Waals surface area contributed by atoms with E-state index in [1.807, 2.05) is 28.5 Å². The minimum atomic E-state index is -0.208. The minimum Gasteiger partial charge on any atom is -0.368 e. The van der Waals surface area contributed by atoms with Crippen LogP contribution in [0.2, 0.25) is 0 Å². The van der Waals surface area contributed by atoms with Gasteiger partial charge in [-0.15, -0.1) is 11.3 Å². The number of rotatable bonds is 4. The van der Waals surface area contributed by atoms with Gasteiger partial charge in [0.1, 0.15) is 6.10 Å². The number of aromatic nitrogens is 1. The van der Waals surface area contributed by atoms with Crippen LogP contribution in [-0.2, 0) is 16.1 Å². The summed E-state index contributed by atoms with van der Waals surface area (Å²) in [4.78, 5) is 17.7. The van der Waals surface area contributed by atoms with Crippen molar-refractivity contribution in [2.24, 2.45) is 0 Å². The van der Waals surface area contributed by atoms with E-state index >= 15 is 0 Å². The fourth-order valence-corrected chi connectivity index (χ4v) is 3.93. The second-order valence-electron chi connectivity index (χ2n) is 6.26. The normalized spacial score (nSPS) is 22.2. The van der Waals surface area contributed by atoms with Crippen molar-refractivity contribution in [1.29, 1.82) is 0 Å². The fraction of sp³-hybridized carbons (Fsp3) is 0.529. The van der Waals surface area contributed by atoms with E-state index in [1.165, 1.54) is 0 Å². The van der Waals surface area contributed by atoms with Crippen molar-refractivity contribution < 1.29 is 14.1 Å². The van der Waals surface area contributed by atoms with E-state index in [9.17, 15) is 4.79 Å². The standard InChI is InChI=1S/C17H21N3O3S/c21-17(14-3-1-9-22-14)20-7-5-19(6-8-20)12-13-11-15(23-18-13)16-4-2-10-24-16/h2,4,10-11,14H,1,3,5-9,12H2. The summed E-state index contributed by atoms with van der Waals surface area (Å²) in [7, 11) is 0. The Bertz CT molecular complexity index is 671. The van der Waals surface area contributed by atoms with Crippen molar-refractivity contribution in [2.75, 3.05) is 32.8 Å². The van der Waals surface area contributed by atoms with Crippen LogP contribution >= 0.6 is 11.3 Å². The number of ether oxygens (including phenoxy) is 1. The molecule has 1 unspecified atom stereocenters. The molecule has 2 aliphatic rings. The van der Waals surface area contributed by atoms with Crippen molar-refractivity contribution in [3.05, 3.63) is 29.3 Å². The summed E-state index contributed by atoms with van der Waals surface area (Å²) in [6, 6.07) is 6.05. The average Bonchev–Trinajstić information content (AvgIpc) is 3.36. The summed E-state index contributed by atoms with van der Waals surface area (Å²) in [5.74, 6) is 0.987. The molecule has 2 saturated heterocycles. The van der Waals surface area contributed by atoms with Crippen molar-refractivity contribution in [2.45, 2.75) is 25.5 Å². The van der Waals surface area contributed by atoms with E-state index in [0.717, 1.165) is 68.5 Å². The molecule has 0 aliphatic carbocycles. The van der Waals surface area contributed by atoms with Gasteiger partial charge >= 0.3 is 0 Å². The summed E-state index contributed by atoms with van der Waals surface area (Å²) in [5.41, 5.74) is 0.942. The molecule has 24 heavy (non-hydrogen) atoms. The second kappa shape index (κ2) is 7.04. The first-order valence-corrected chi connectivity index (χ1v) is 9.30. The lowest BCUT2D eigenvalue weighted by atomic mass is 10.2. The minimum absolute atomic E-state index is 0.161. The number of amides is 1. The topological polar surface area (TPSA) is 58.8 Å². The van der Waals surface area contributed by atoms with Gasteiger partial charge in [0.05, 0.1) is 10.6 Å². The summed E-state index contributed by atoms with van der Waals surface area (Å²) in [6.45, 7) is 4.72. The van der Waals surface area contributed by atoms with Crippen LogP contribution in [0.4, 0.5) is 0 Å². The van der Waals surface area contributed by atoms with Crippen molar-refractivity contribution in [1.82, 2.24) is 15.0 Å². The van der Waals surface area contributed by atoms with Crippen molar-refractivity contribution >= 4 is 17.2 Å². The molecule has 4 heterocycles. The van der Waals surface area contributed by atoms with E-state index in [-0.39, 0.29) is 12.0 Å². The zero-order valence-electron chi connectivity index (χ0n) is 13.5. The van der Waals surface area contributed by atoms with Gasteiger partial charge in [-0.1, -0.05) is 11.2 Å². The lowest BCUT2D eigenvalue weighted by molar-refractivity contribution is -0.142. The van der Waals surface area contributed by atoms with Crippen LogP contribution in [0.5, 0.6) is 0 Å². The second-order valence-corrected chi connectivity index (χ2v) is 7.21.